The highest BCUT2D eigenvalue weighted by molar-refractivity contribution is 5.85. The summed E-state index contributed by atoms with van der Waals surface area (Å²) in [5.74, 6) is 1.07. The SMILES string of the molecule is COc1ccc(CCN(C)C(=O)[C@@H](NC(=O)OCc2ccc(C)cc2)C(C)C)cc1OC. The van der Waals surface area contributed by atoms with Crippen LogP contribution in [0.3, 0.4) is 0 Å². The number of amides is 2. The number of ether oxygens (including phenoxy) is 3. The van der Waals surface area contributed by atoms with Crippen molar-refractivity contribution in [1.29, 1.82) is 0 Å². The van der Waals surface area contributed by atoms with E-state index in [0.29, 0.717) is 24.5 Å². The average Bonchev–Trinajstić information content (AvgIpc) is 2.79. The fourth-order valence-corrected chi connectivity index (χ4v) is 3.20. The van der Waals surface area contributed by atoms with Crippen molar-refractivity contribution < 1.29 is 23.8 Å². The summed E-state index contributed by atoms with van der Waals surface area (Å²) in [7, 11) is 4.92. The monoisotopic (exact) mass is 442 g/mol. The van der Waals surface area contributed by atoms with Gasteiger partial charge in [0.25, 0.3) is 0 Å². The van der Waals surface area contributed by atoms with Crippen molar-refractivity contribution in [3.63, 3.8) is 0 Å². The lowest BCUT2D eigenvalue weighted by molar-refractivity contribution is -0.133. The molecule has 0 bridgehead atoms. The highest BCUT2D eigenvalue weighted by Crippen LogP contribution is 2.27. The molecule has 0 heterocycles. The summed E-state index contributed by atoms with van der Waals surface area (Å²) in [5.41, 5.74) is 3.05. The number of aryl methyl sites for hydroxylation is 1. The Balaban J connectivity index is 1.91. The van der Waals surface area contributed by atoms with Gasteiger partial charge in [0.1, 0.15) is 12.6 Å². The summed E-state index contributed by atoms with van der Waals surface area (Å²) < 4.78 is 15.9. The van der Waals surface area contributed by atoms with Crippen LogP contribution in [0.2, 0.25) is 0 Å². The molecule has 0 radical (unpaired) electrons. The molecule has 0 spiro atoms. The highest BCUT2D eigenvalue weighted by Gasteiger charge is 2.27. The average molecular weight is 443 g/mol. The normalized spacial score (nSPS) is 11.6. The van der Waals surface area contributed by atoms with E-state index in [9.17, 15) is 9.59 Å². The first kappa shape index (κ1) is 25.0. The van der Waals surface area contributed by atoms with E-state index < -0.39 is 12.1 Å². The van der Waals surface area contributed by atoms with Gasteiger partial charge in [-0.05, 0) is 42.5 Å². The number of benzene rings is 2. The Bertz CT molecular complexity index is 896. The van der Waals surface area contributed by atoms with E-state index in [1.165, 1.54) is 0 Å². The number of nitrogens with one attached hydrogen (secondary N) is 1. The smallest absolute Gasteiger partial charge is 0.408 e. The van der Waals surface area contributed by atoms with Gasteiger partial charge in [0.2, 0.25) is 5.91 Å². The van der Waals surface area contributed by atoms with E-state index in [1.54, 1.807) is 26.2 Å². The fourth-order valence-electron chi connectivity index (χ4n) is 3.20. The minimum atomic E-state index is -0.670. The van der Waals surface area contributed by atoms with Crippen LogP contribution in [0.25, 0.3) is 0 Å². The maximum atomic E-state index is 13.0. The van der Waals surface area contributed by atoms with Crippen LogP contribution in [0.4, 0.5) is 4.79 Å². The summed E-state index contributed by atoms with van der Waals surface area (Å²) >= 11 is 0. The van der Waals surface area contributed by atoms with Crippen molar-refractivity contribution >= 4 is 12.0 Å². The minimum absolute atomic E-state index is 0.0852. The van der Waals surface area contributed by atoms with Gasteiger partial charge in [0.15, 0.2) is 11.5 Å². The molecular formula is C25H34N2O5. The van der Waals surface area contributed by atoms with Crippen molar-refractivity contribution in [2.75, 3.05) is 27.8 Å². The molecule has 2 amide bonds. The van der Waals surface area contributed by atoms with Gasteiger partial charge in [-0.25, -0.2) is 4.79 Å². The van der Waals surface area contributed by atoms with Gasteiger partial charge in [-0.3, -0.25) is 4.79 Å². The van der Waals surface area contributed by atoms with Crippen LogP contribution in [0.15, 0.2) is 42.5 Å². The van der Waals surface area contributed by atoms with Gasteiger partial charge in [0.05, 0.1) is 14.2 Å². The Hall–Kier alpha value is -3.22. The van der Waals surface area contributed by atoms with Crippen LogP contribution in [0.5, 0.6) is 11.5 Å². The van der Waals surface area contributed by atoms with Crippen LogP contribution in [-0.4, -0.2) is 50.8 Å². The molecule has 0 saturated heterocycles. The quantitative estimate of drug-likeness (QED) is 0.603. The number of methoxy groups -OCH3 is 2. The number of alkyl carbamates (subject to hydrolysis) is 1. The number of nitrogens with zero attached hydrogens (tertiary/aromatic N) is 1. The lowest BCUT2D eigenvalue weighted by atomic mass is 10.0. The molecule has 1 atom stereocenters. The van der Waals surface area contributed by atoms with Crippen LogP contribution in [-0.2, 0) is 22.6 Å². The molecular weight excluding hydrogens is 408 g/mol. The zero-order chi connectivity index (χ0) is 23.7. The molecule has 7 nitrogen and oxygen atoms in total. The van der Waals surface area contributed by atoms with Crippen LogP contribution >= 0.6 is 0 Å². The Morgan fingerprint density at radius 1 is 0.969 bits per heavy atom. The van der Waals surface area contributed by atoms with Crippen molar-refractivity contribution in [2.24, 2.45) is 5.92 Å². The highest BCUT2D eigenvalue weighted by atomic mass is 16.5. The second-order valence-corrected chi connectivity index (χ2v) is 8.13. The first-order valence-corrected chi connectivity index (χ1v) is 10.7. The Kier molecular flexibility index (Phi) is 9.38. The number of hydrogen-bond acceptors (Lipinski definition) is 5. The lowest BCUT2D eigenvalue weighted by Crippen LogP contribution is -2.50. The summed E-state index contributed by atoms with van der Waals surface area (Å²) in [6.07, 6.45) is 0.0385. The van der Waals surface area contributed by atoms with E-state index in [1.807, 2.05) is 63.2 Å². The number of rotatable bonds is 10. The van der Waals surface area contributed by atoms with E-state index in [-0.39, 0.29) is 18.4 Å². The molecule has 0 saturated carbocycles. The fraction of sp³-hybridized carbons (Fsp3) is 0.440. The summed E-state index contributed by atoms with van der Waals surface area (Å²) in [6.45, 7) is 6.44. The number of carbonyl (C=O) groups excluding carboxylic acids is 2. The number of hydrogen-bond donors (Lipinski definition) is 1. The molecule has 7 heteroatoms. The molecule has 32 heavy (non-hydrogen) atoms. The van der Waals surface area contributed by atoms with Gasteiger partial charge in [-0.2, -0.15) is 0 Å². The third-order valence-corrected chi connectivity index (χ3v) is 5.26. The van der Waals surface area contributed by atoms with E-state index in [2.05, 4.69) is 5.32 Å². The predicted molar refractivity (Wildman–Crippen MR) is 124 cm³/mol. The molecule has 2 aromatic rings. The predicted octanol–water partition coefficient (Wildman–Crippen LogP) is 3.96. The van der Waals surface area contributed by atoms with Crippen molar-refractivity contribution in [2.45, 2.75) is 39.8 Å². The van der Waals surface area contributed by atoms with Gasteiger partial charge in [-0.1, -0.05) is 49.7 Å². The molecule has 1 N–H and O–H groups in total. The standard InChI is InChI=1S/C25H34N2O5/c1-17(2)23(26-25(29)32-16-20-9-7-18(3)8-10-20)24(28)27(4)14-13-19-11-12-21(30-5)22(15-19)31-6/h7-12,15,17,23H,13-14,16H2,1-6H3,(H,26,29)/t23-/m0/s1. The molecule has 0 aliphatic heterocycles. The third kappa shape index (κ3) is 7.18. The maximum absolute atomic E-state index is 13.0. The van der Waals surface area contributed by atoms with Gasteiger partial charge >= 0.3 is 6.09 Å². The Morgan fingerprint density at radius 3 is 2.19 bits per heavy atom. The number of carbonyl (C=O) groups is 2. The van der Waals surface area contributed by atoms with E-state index in [0.717, 1.165) is 16.7 Å². The maximum Gasteiger partial charge on any atom is 0.408 e. The van der Waals surface area contributed by atoms with Crippen molar-refractivity contribution in [3.8, 4) is 11.5 Å². The molecule has 0 aliphatic rings. The largest absolute Gasteiger partial charge is 0.493 e. The molecule has 0 unspecified atom stereocenters. The van der Waals surface area contributed by atoms with Crippen molar-refractivity contribution in [1.82, 2.24) is 10.2 Å². The minimum Gasteiger partial charge on any atom is -0.493 e. The van der Waals surface area contributed by atoms with Gasteiger partial charge in [0, 0.05) is 13.6 Å². The van der Waals surface area contributed by atoms with E-state index in [4.69, 9.17) is 14.2 Å². The van der Waals surface area contributed by atoms with Crippen molar-refractivity contribution in [3.05, 3.63) is 59.2 Å². The number of likely N-dealkylation sites (N-methyl/N-ethyl adjacent to an activating group) is 1. The summed E-state index contributed by atoms with van der Waals surface area (Å²) in [4.78, 5) is 26.9. The lowest BCUT2D eigenvalue weighted by Gasteiger charge is -2.27. The third-order valence-electron chi connectivity index (χ3n) is 5.26. The summed E-state index contributed by atoms with van der Waals surface area (Å²) in [5, 5.41) is 2.72. The Morgan fingerprint density at radius 2 is 1.59 bits per heavy atom. The second kappa shape index (κ2) is 12.0. The van der Waals surface area contributed by atoms with Gasteiger partial charge in [-0.15, -0.1) is 0 Å². The first-order valence-electron chi connectivity index (χ1n) is 10.7. The van der Waals surface area contributed by atoms with Crippen LogP contribution < -0.4 is 14.8 Å². The zero-order valence-electron chi connectivity index (χ0n) is 19.8. The summed E-state index contributed by atoms with van der Waals surface area (Å²) in [6, 6.07) is 12.8. The molecule has 174 valence electrons. The molecule has 0 aliphatic carbocycles. The van der Waals surface area contributed by atoms with Gasteiger partial charge < -0.3 is 24.4 Å². The Labute approximate surface area is 190 Å². The second-order valence-electron chi connectivity index (χ2n) is 8.13. The topological polar surface area (TPSA) is 77.1 Å². The first-order chi connectivity index (χ1) is 15.2. The molecule has 2 rings (SSSR count). The zero-order valence-corrected chi connectivity index (χ0v) is 19.8. The van der Waals surface area contributed by atoms with Crippen LogP contribution in [0, 0.1) is 12.8 Å². The van der Waals surface area contributed by atoms with Crippen LogP contribution in [0.1, 0.15) is 30.5 Å². The molecule has 0 aromatic heterocycles. The molecule has 2 aromatic carbocycles. The van der Waals surface area contributed by atoms with E-state index >= 15 is 0 Å². The molecule has 0 fully saturated rings.